The van der Waals surface area contributed by atoms with Crippen molar-refractivity contribution in [2.45, 2.75) is 63.8 Å². The molecular weight excluding hydrogens is 414 g/mol. The van der Waals surface area contributed by atoms with E-state index in [1.807, 2.05) is 13.0 Å². The predicted octanol–water partition coefficient (Wildman–Crippen LogP) is 3.03. The summed E-state index contributed by atoms with van der Waals surface area (Å²) >= 11 is 0. The number of hydrogen-bond donors (Lipinski definition) is 5. The van der Waals surface area contributed by atoms with Crippen molar-refractivity contribution in [2.24, 2.45) is 22.7 Å². The van der Waals surface area contributed by atoms with Crippen LogP contribution in [0.5, 0.6) is 11.5 Å². The highest BCUT2D eigenvalue weighted by molar-refractivity contribution is 5.99. The summed E-state index contributed by atoms with van der Waals surface area (Å²) < 4.78 is 6.45. The number of aromatic carboxylic acids is 1. The van der Waals surface area contributed by atoms with E-state index in [0.29, 0.717) is 12.3 Å². The van der Waals surface area contributed by atoms with Gasteiger partial charge in [0.1, 0.15) is 17.0 Å². The van der Waals surface area contributed by atoms with Crippen LogP contribution in [-0.4, -0.2) is 50.1 Å². The van der Waals surface area contributed by atoms with E-state index >= 15 is 0 Å². The van der Waals surface area contributed by atoms with Gasteiger partial charge in [-0.15, -0.1) is 0 Å². The lowest BCUT2D eigenvalue weighted by Gasteiger charge is -2.57. The van der Waals surface area contributed by atoms with Crippen LogP contribution in [0.15, 0.2) is 24.3 Å². The molecule has 8 heteroatoms. The van der Waals surface area contributed by atoms with E-state index in [2.05, 4.69) is 18.3 Å². The van der Waals surface area contributed by atoms with Gasteiger partial charge in [-0.2, -0.15) is 0 Å². The number of carbonyl (C=O) groups is 2. The van der Waals surface area contributed by atoms with E-state index in [1.54, 1.807) is 0 Å². The van der Waals surface area contributed by atoms with Gasteiger partial charge in [0.25, 0.3) is 0 Å². The third-order valence-electron chi connectivity index (χ3n) is 8.64. The van der Waals surface area contributed by atoms with Crippen LogP contribution in [0.25, 0.3) is 0 Å². The summed E-state index contributed by atoms with van der Waals surface area (Å²) in [5.41, 5.74) is -1.42. The molecule has 2 saturated carbocycles. The number of hydrogen-bond acceptors (Lipinski definition) is 6. The number of carboxylic acid groups (broad SMARTS) is 1. The second-order valence-corrected chi connectivity index (χ2v) is 10.5. The van der Waals surface area contributed by atoms with E-state index in [1.165, 1.54) is 0 Å². The molecular formula is C24H29NO7. The predicted molar refractivity (Wildman–Crippen MR) is 114 cm³/mol. The lowest BCUT2D eigenvalue weighted by molar-refractivity contribution is -0.179. The van der Waals surface area contributed by atoms with Gasteiger partial charge in [0, 0.05) is 17.8 Å². The molecule has 7 atom stereocenters. The van der Waals surface area contributed by atoms with Crippen LogP contribution in [0.2, 0.25) is 0 Å². The van der Waals surface area contributed by atoms with Crippen LogP contribution in [0.4, 0.5) is 5.69 Å². The molecule has 4 bridgehead atoms. The van der Waals surface area contributed by atoms with Gasteiger partial charge in [0.15, 0.2) is 5.75 Å². The lowest BCUT2D eigenvalue weighted by atomic mass is 9.50. The Bertz CT molecular complexity index is 1040. The molecule has 2 saturated heterocycles. The van der Waals surface area contributed by atoms with Crippen molar-refractivity contribution in [1.29, 1.82) is 0 Å². The Balaban J connectivity index is 1.35. The van der Waals surface area contributed by atoms with E-state index in [4.69, 9.17) is 9.84 Å². The zero-order valence-electron chi connectivity index (χ0n) is 18.2. The minimum Gasteiger partial charge on any atom is -0.506 e. The molecule has 1 amide bonds. The molecule has 5 aliphatic rings. The Kier molecular flexibility index (Phi) is 4.46. The molecule has 3 aliphatic carbocycles. The molecule has 5 N–H and O–H groups in total. The Morgan fingerprint density at radius 1 is 1.25 bits per heavy atom. The Hall–Kier alpha value is -2.58. The van der Waals surface area contributed by atoms with E-state index < -0.39 is 40.5 Å². The number of benzene rings is 1. The van der Waals surface area contributed by atoms with Gasteiger partial charge in [0.05, 0.1) is 17.8 Å². The average molecular weight is 443 g/mol. The van der Waals surface area contributed by atoms with Gasteiger partial charge in [-0.3, -0.25) is 4.79 Å². The van der Waals surface area contributed by atoms with Gasteiger partial charge in [-0.1, -0.05) is 19.1 Å². The zero-order chi connectivity index (χ0) is 23.1. The number of aliphatic hydroxyl groups excluding tert-OH is 1. The van der Waals surface area contributed by atoms with Crippen molar-refractivity contribution in [3.8, 4) is 11.5 Å². The third-order valence-corrected chi connectivity index (χ3v) is 8.64. The number of carboxylic acids is 1. The molecule has 2 aliphatic heterocycles. The van der Waals surface area contributed by atoms with E-state index in [-0.39, 0.29) is 35.1 Å². The number of carbonyl (C=O) groups excluding carboxylic acids is 1. The number of allylic oxidation sites excluding steroid dienone is 1. The first kappa shape index (κ1) is 21.3. The Morgan fingerprint density at radius 2 is 2.00 bits per heavy atom. The number of aliphatic hydroxyl groups is 1. The van der Waals surface area contributed by atoms with Crippen LogP contribution < -0.4 is 5.32 Å². The third kappa shape index (κ3) is 2.82. The summed E-state index contributed by atoms with van der Waals surface area (Å²) in [4.78, 5) is 24.0. The van der Waals surface area contributed by atoms with Crippen molar-refractivity contribution in [1.82, 2.24) is 0 Å². The van der Waals surface area contributed by atoms with Crippen LogP contribution in [-0.2, 0) is 9.53 Å². The van der Waals surface area contributed by atoms with Crippen molar-refractivity contribution < 1.29 is 34.8 Å². The molecule has 1 aromatic carbocycles. The summed E-state index contributed by atoms with van der Waals surface area (Å²) in [6, 6.07) is 2.18. The van der Waals surface area contributed by atoms with Gasteiger partial charge in [-0.25, -0.2) is 4.79 Å². The highest BCUT2D eigenvalue weighted by atomic mass is 16.5. The number of anilines is 1. The fourth-order valence-corrected chi connectivity index (χ4v) is 7.26. The van der Waals surface area contributed by atoms with Gasteiger partial charge < -0.3 is 30.5 Å². The topological polar surface area (TPSA) is 136 Å². The summed E-state index contributed by atoms with van der Waals surface area (Å²) in [5, 5.41) is 42.7. The molecule has 1 aromatic rings. The molecule has 8 nitrogen and oxygen atoms in total. The van der Waals surface area contributed by atoms with E-state index in [0.717, 1.165) is 31.4 Å². The molecule has 32 heavy (non-hydrogen) atoms. The van der Waals surface area contributed by atoms with Crippen molar-refractivity contribution in [3.63, 3.8) is 0 Å². The maximum atomic E-state index is 12.7. The fraction of sp³-hybridized carbons (Fsp3) is 0.583. The molecule has 2 heterocycles. The minimum atomic E-state index is -1.37. The van der Waals surface area contributed by atoms with Gasteiger partial charge in [-0.05, 0) is 56.1 Å². The fourth-order valence-electron chi connectivity index (χ4n) is 7.26. The molecule has 6 rings (SSSR count). The molecule has 1 spiro atoms. The molecule has 0 radical (unpaired) electrons. The minimum absolute atomic E-state index is 0.0165. The molecule has 172 valence electrons. The second kappa shape index (κ2) is 6.71. The summed E-state index contributed by atoms with van der Waals surface area (Å²) in [7, 11) is 0. The Labute approximate surface area is 185 Å². The number of rotatable bonds is 5. The van der Waals surface area contributed by atoms with E-state index in [9.17, 15) is 24.9 Å². The summed E-state index contributed by atoms with van der Waals surface area (Å²) in [5.74, 6) is -2.32. The lowest BCUT2D eigenvalue weighted by Crippen LogP contribution is -2.57. The standard InChI is InChI=1S/C24H29NO7/c1-22(7-6-17(28)25-18-14(26)4-3-13(19(18)29)21(30)31)16(27)5-8-24-10-12-9-15(20(22)24)32-23(12,2)11-24/h3-5,8,12,15-16,20,26-27,29H,6-7,9-11H2,1-2H3,(H,25,28)(H,30,31)/t12?,15?,16-,20?,22+,23?,24?/m0/s1. The van der Waals surface area contributed by atoms with Crippen LogP contribution in [0, 0.1) is 22.7 Å². The smallest absolute Gasteiger partial charge is 0.339 e. The first-order chi connectivity index (χ1) is 15.0. The molecule has 4 fully saturated rings. The second-order valence-electron chi connectivity index (χ2n) is 10.5. The van der Waals surface area contributed by atoms with Gasteiger partial charge >= 0.3 is 5.97 Å². The monoisotopic (exact) mass is 443 g/mol. The number of phenols is 2. The number of nitrogens with one attached hydrogen (secondary N) is 1. The largest absolute Gasteiger partial charge is 0.506 e. The first-order valence-corrected chi connectivity index (χ1v) is 11.1. The number of aromatic hydroxyl groups is 2. The average Bonchev–Trinajstić information content (AvgIpc) is 3.08. The number of phenolic OH excluding ortho intramolecular Hbond substituents is 1. The van der Waals surface area contributed by atoms with Crippen LogP contribution in [0.1, 0.15) is 56.3 Å². The maximum Gasteiger partial charge on any atom is 0.339 e. The summed E-state index contributed by atoms with van der Waals surface area (Å²) in [6.07, 6.45) is 6.78. The van der Waals surface area contributed by atoms with Crippen molar-refractivity contribution >= 4 is 17.6 Å². The number of ether oxygens (including phenoxy) is 1. The molecule has 0 aromatic heterocycles. The zero-order valence-corrected chi connectivity index (χ0v) is 18.2. The maximum absolute atomic E-state index is 12.7. The first-order valence-electron chi connectivity index (χ1n) is 11.1. The Morgan fingerprint density at radius 3 is 2.69 bits per heavy atom. The van der Waals surface area contributed by atoms with Crippen LogP contribution >= 0.6 is 0 Å². The highest BCUT2D eigenvalue weighted by Crippen LogP contribution is 2.72. The van der Waals surface area contributed by atoms with Crippen LogP contribution in [0.3, 0.4) is 0 Å². The van der Waals surface area contributed by atoms with Crippen molar-refractivity contribution in [3.05, 3.63) is 29.8 Å². The molecule has 5 unspecified atom stereocenters. The highest BCUT2D eigenvalue weighted by Gasteiger charge is 2.71. The van der Waals surface area contributed by atoms with Gasteiger partial charge in [0.2, 0.25) is 5.91 Å². The normalized spacial score (nSPS) is 41.0. The quantitative estimate of drug-likeness (QED) is 0.348. The van der Waals surface area contributed by atoms with Crippen molar-refractivity contribution in [2.75, 3.05) is 5.32 Å². The number of amides is 1. The summed E-state index contributed by atoms with van der Waals surface area (Å²) in [6.45, 7) is 4.20. The SMILES string of the molecule is CC12CC34C=C[C@H](O)[C@@](C)(CCC(=O)Nc5c(O)ccc(C(=O)O)c5O)C3C(CC1C4)O2.